The molecule has 1 N–H and O–H groups in total. The molecule has 8 heteroatoms. The molecule has 0 spiro atoms. The number of methoxy groups -OCH3 is 1. The van der Waals surface area contributed by atoms with Gasteiger partial charge in [0, 0.05) is 12.1 Å². The van der Waals surface area contributed by atoms with Gasteiger partial charge >= 0.3 is 5.97 Å². The minimum Gasteiger partial charge on any atom is -0.464 e. The van der Waals surface area contributed by atoms with E-state index in [2.05, 4.69) is 15.3 Å². The molecule has 29 heavy (non-hydrogen) atoms. The van der Waals surface area contributed by atoms with E-state index in [0.29, 0.717) is 12.1 Å². The van der Waals surface area contributed by atoms with Gasteiger partial charge in [-0.1, -0.05) is 67.4 Å². The molecule has 0 radical (unpaired) electrons. The molecule has 1 aromatic heterocycles. The first kappa shape index (κ1) is 22.6. The van der Waals surface area contributed by atoms with E-state index in [1.165, 1.54) is 19.2 Å². The zero-order chi connectivity index (χ0) is 21.4. The van der Waals surface area contributed by atoms with Gasteiger partial charge in [0.05, 0.1) is 12.1 Å². The number of hydrogen-bond donors (Lipinski definition) is 1. The molecule has 152 valence electrons. The molecule has 0 aliphatic heterocycles. The quantitative estimate of drug-likeness (QED) is 0.496. The van der Waals surface area contributed by atoms with Crippen molar-refractivity contribution in [1.82, 2.24) is 9.97 Å². The van der Waals surface area contributed by atoms with Gasteiger partial charge in [-0.05, 0) is 23.8 Å². The fourth-order valence-corrected chi connectivity index (χ4v) is 2.69. The van der Waals surface area contributed by atoms with E-state index in [4.69, 9.17) is 27.9 Å². The smallest absolute Gasteiger partial charge is 0.358 e. The standard InChI is InChI=1S/C19H14Cl2FN3O2.C2H6/c1-27-19(26)16-15(21)18(23-10-11-5-3-2-4-6-11)25-17(24-16)12-7-8-13(20)14(22)9-12;1-2/h2-9H,10H2,1H3,(H,23,24,25);1-2H3. The minimum absolute atomic E-state index is 0.0240. The Morgan fingerprint density at radius 2 is 1.79 bits per heavy atom. The average molecular weight is 436 g/mol. The van der Waals surface area contributed by atoms with Gasteiger partial charge in [0.1, 0.15) is 16.7 Å². The molecule has 0 saturated heterocycles. The monoisotopic (exact) mass is 435 g/mol. The van der Waals surface area contributed by atoms with E-state index >= 15 is 0 Å². The van der Waals surface area contributed by atoms with E-state index < -0.39 is 11.8 Å². The highest BCUT2D eigenvalue weighted by Gasteiger charge is 2.20. The third kappa shape index (κ3) is 5.65. The number of carbonyl (C=O) groups is 1. The lowest BCUT2D eigenvalue weighted by atomic mass is 10.2. The summed E-state index contributed by atoms with van der Waals surface area (Å²) in [6.45, 7) is 4.42. The summed E-state index contributed by atoms with van der Waals surface area (Å²) in [6.07, 6.45) is 0. The van der Waals surface area contributed by atoms with Crippen molar-refractivity contribution in [3.05, 3.63) is 75.7 Å². The number of aromatic nitrogens is 2. The third-order valence-corrected chi connectivity index (χ3v) is 4.38. The van der Waals surface area contributed by atoms with Crippen LogP contribution >= 0.6 is 23.2 Å². The molecule has 0 amide bonds. The van der Waals surface area contributed by atoms with Gasteiger partial charge in [0.25, 0.3) is 0 Å². The summed E-state index contributed by atoms with van der Waals surface area (Å²) in [7, 11) is 1.22. The number of nitrogens with zero attached hydrogens (tertiary/aromatic N) is 2. The third-order valence-electron chi connectivity index (χ3n) is 3.71. The zero-order valence-electron chi connectivity index (χ0n) is 16.2. The van der Waals surface area contributed by atoms with Crippen molar-refractivity contribution < 1.29 is 13.9 Å². The van der Waals surface area contributed by atoms with Crippen molar-refractivity contribution >= 4 is 35.0 Å². The molecule has 0 fully saturated rings. The Hall–Kier alpha value is -2.70. The SMILES string of the molecule is CC.COC(=O)c1nc(-c2ccc(Cl)c(F)c2)nc(NCc2ccccc2)c1Cl. The Bertz CT molecular complexity index is 985. The molecule has 0 saturated carbocycles. The second-order valence-electron chi connectivity index (χ2n) is 5.52. The molecule has 3 rings (SSSR count). The van der Waals surface area contributed by atoms with E-state index in [9.17, 15) is 9.18 Å². The van der Waals surface area contributed by atoms with Crippen LogP contribution in [0, 0.1) is 5.82 Å². The van der Waals surface area contributed by atoms with E-state index in [1.807, 2.05) is 44.2 Å². The van der Waals surface area contributed by atoms with Crippen LogP contribution < -0.4 is 5.32 Å². The maximum absolute atomic E-state index is 13.8. The number of halogens is 3. The van der Waals surface area contributed by atoms with Crippen molar-refractivity contribution in [3.8, 4) is 11.4 Å². The Morgan fingerprint density at radius 1 is 1.10 bits per heavy atom. The van der Waals surface area contributed by atoms with Crippen LogP contribution in [0.4, 0.5) is 10.2 Å². The first-order valence-corrected chi connectivity index (χ1v) is 9.64. The molecule has 2 aromatic carbocycles. The zero-order valence-corrected chi connectivity index (χ0v) is 17.7. The van der Waals surface area contributed by atoms with Crippen molar-refractivity contribution in [2.75, 3.05) is 12.4 Å². The van der Waals surface area contributed by atoms with Gasteiger partial charge in [-0.15, -0.1) is 0 Å². The first-order valence-electron chi connectivity index (χ1n) is 8.88. The lowest BCUT2D eigenvalue weighted by Gasteiger charge is -2.12. The summed E-state index contributed by atoms with van der Waals surface area (Å²) in [6, 6.07) is 13.7. The first-order chi connectivity index (χ1) is 14.0. The average Bonchev–Trinajstić information content (AvgIpc) is 2.76. The fourth-order valence-electron chi connectivity index (χ4n) is 2.34. The second-order valence-corrected chi connectivity index (χ2v) is 6.30. The number of anilines is 1. The number of esters is 1. The van der Waals surface area contributed by atoms with E-state index in [-0.39, 0.29) is 27.4 Å². The summed E-state index contributed by atoms with van der Waals surface area (Å²) < 4.78 is 18.6. The lowest BCUT2D eigenvalue weighted by Crippen LogP contribution is -2.11. The van der Waals surface area contributed by atoms with Crippen LogP contribution in [0.25, 0.3) is 11.4 Å². The Balaban J connectivity index is 0.00000145. The molecule has 1 heterocycles. The van der Waals surface area contributed by atoms with Crippen molar-refractivity contribution in [2.45, 2.75) is 20.4 Å². The molecular weight excluding hydrogens is 416 g/mol. The largest absolute Gasteiger partial charge is 0.464 e. The van der Waals surface area contributed by atoms with Crippen molar-refractivity contribution in [2.24, 2.45) is 0 Å². The number of ether oxygens (including phenoxy) is 1. The number of carbonyl (C=O) groups excluding carboxylic acids is 1. The van der Waals surface area contributed by atoms with Gasteiger partial charge in [-0.25, -0.2) is 19.2 Å². The van der Waals surface area contributed by atoms with Crippen LogP contribution in [0.2, 0.25) is 10.0 Å². The maximum atomic E-state index is 13.8. The van der Waals surface area contributed by atoms with Gasteiger partial charge < -0.3 is 10.1 Å². The minimum atomic E-state index is -0.721. The number of nitrogens with one attached hydrogen (secondary N) is 1. The van der Waals surface area contributed by atoms with Crippen LogP contribution in [0.5, 0.6) is 0 Å². The molecule has 0 aliphatic rings. The summed E-state index contributed by atoms with van der Waals surface area (Å²) in [5.74, 6) is -0.987. The topological polar surface area (TPSA) is 64.1 Å². The number of benzene rings is 2. The fraction of sp³-hybridized carbons (Fsp3) is 0.190. The highest BCUT2D eigenvalue weighted by Crippen LogP contribution is 2.29. The molecule has 0 atom stereocenters. The molecule has 3 aromatic rings. The second kappa shape index (κ2) is 10.7. The molecule has 5 nitrogen and oxygen atoms in total. The molecule has 0 aliphatic carbocycles. The van der Waals surface area contributed by atoms with E-state index in [1.54, 1.807) is 6.07 Å². The predicted molar refractivity (Wildman–Crippen MR) is 114 cm³/mol. The highest BCUT2D eigenvalue weighted by atomic mass is 35.5. The van der Waals surface area contributed by atoms with Crippen molar-refractivity contribution in [1.29, 1.82) is 0 Å². The normalized spacial score (nSPS) is 10.0. The summed E-state index contributed by atoms with van der Waals surface area (Å²) in [5.41, 5.74) is 1.22. The van der Waals surface area contributed by atoms with Gasteiger partial charge in [0.15, 0.2) is 11.5 Å². The molecule has 0 unspecified atom stereocenters. The van der Waals surface area contributed by atoms with Gasteiger partial charge in [-0.3, -0.25) is 0 Å². The molecule has 0 bridgehead atoms. The van der Waals surface area contributed by atoms with Crippen LogP contribution in [0.15, 0.2) is 48.5 Å². The highest BCUT2D eigenvalue weighted by molar-refractivity contribution is 6.35. The Kier molecular flexibility index (Phi) is 8.36. The lowest BCUT2D eigenvalue weighted by molar-refractivity contribution is 0.0594. The van der Waals surface area contributed by atoms with E-state index in [0.717, 1.165) is 5.56 Å². The predicted octanol–water partition coefficient (Wildman–Crippen LogP) is 6.01. The number of rotatable bonds is 5. The Labute approximate surface area is 178 Å². The maximum Gasteiger partial charge on any atom is 0.358 e. The Morgan fingerprint density at radius 3 is 2.41 bits per heavy atom. The number of hydrogen-bond acceptors (Lipinski definition) is 5. The van der Waals surface area contributed by atoms with Crippen LogP contribution in [0.3, 0.4) is 0 Å². The van der Waals surface area contributed by atoms with Crippen molar-refractivity contribution in [3.63, 3.8) is 0 Å². The summed E-state index contributed by atoms with van der Waals surface area (Å²) in [4.78, 5) is 20.5. The van der Waals surface area contributed by atoms with Crippen LogP contribution in [-0.4, -0.2) is 23.0 Å². The summed E-state index contributed by atoms with van der Waals surface area (Å²) in [5, 5.41) is 3.07. The van der Waals surface area contributed by atoms with Crippen LogP contribution in [0.1, 0.15) is 29.9 Å². The summed E-state index contributed by atoms with van der Waals surface area (Å²) >= 11 is 12.0. The van der Waals surface area contributed by atoms with Gasteiger partial charge in [-0.2, -0.15) is 0 Å². The van der Waals surface area contributed by atoms with Gasteiger partial charge in [0.2, 0.25) is 0 Å². The molecular formula is C21H20Cl2FN3O2. The van der Waals surface area contributed by atoms with Crippen LogP contribution in [-0.2, 0) is 11.3 Å².